The molecule has 3 aromatic rings. The van der Waals surface area contributed by atoms with Gasteiger partial charge in [-0.25, -0.2) is 8.42 Å². The number of benzene rings is 1. The Balaban J connectivity index is 1.55. The maximum atomic E-state index is 12.8. The number of rotatable bonds is 5. The molecule has 0 radical (unpaired) electrons. The first-order chi connectivity index (χ1) is 14.9. The Morgan fingerprint density at radius 3 is 2.65 bits per heavy atom. The molecule has 160 valence electrons. The van der Waals surface area contributed by atoms with Gasteiger partial charge in [0.2, 0.25) is 5.82 Å². The second-order valence-electron chi connectivity index (χ2n) is 6.65. The molecule has 1 aliphatic rings. The van der Waals surface area contributed by atoms with Gasteiger partial charge < -0.3 is 14.2 Å². The van der Waals surface area contributed by atoms with Crippen LogP contribution in [0.4, 0.5) is 5.69 Å². The SMILES string of the molecule is Cc1sc(-c2noc(C(=O)N3CCOCC3)n2)cc1S(=O)(=O)Nc1ccc(C#N)cc1. The van der Waals surface area contributed by atoms with Crippen molar-refractivity contribution in [2.24, 2.45) is 0 Å². The number of carbonyl (C=O) groups is 1. The molecule has 0 unspecified atom stereocenters. The molecular weight excluding hydrogens is 442 g/mol. The van der Waals surface area contributed by atoms with Crippen LogP contribution in [-0.4, -0.2) is 55.7 Å². The fourth-order valence-corrected chi connectivity index (χ4v) is 5.55. The predicted molar refractivity (Wildman–Crippen MR) is 111 cm³/mol. The zero-order chi connectivity index (χ0) is 22.0. The van der Waals surface area contributed by atoms with Gasteiger partial charge in [0.1, 0.15) is 4.90 Å². The topological polar surface area (TPSA) is 138 Å². The van der Waals surface area contributed by atoms with E-state index in [1.54, 1.807) is 11.8 Å². The summed E-state index contributed by atoms with van der Waals surface area (Å²) in [7, 11) is -3.88. The molecule has 0 saturated carbocycles. The normalized spacial score (nSPS) is 14.3. The monoisotopic (exact) mass is 459 g/mol. The smallest absolute Gasteiger partial charge is 0.316 e. The van der Waals surface area contributed by atoms with Crippen LogP contribution in [0.3, 0.4) is 0 Å². The van der Waals surface area contributed by atoms with Gasteiger partial charge in [0.15, 0.2) is 0 Å². The van der Waals surface area contributed by atoms with Gasteiger partial charge in [-0.1, -0.05) is 5.16 Å². The van der Waals surface area contributed by atoms with Crippen molar-refractivity contribution in [1.82, 2.24) is 15.0 Å². The summed E-state index contributed by atoms with van der Waals surface area (Å²) < 4.78 is 38.5. The Morgan fingerprint density at radius 1 is 1.26 bits per heavy atom. The first-order valence-electron chi connectivity index (χ1n) is 9.22. The van der Waals surface area contributed by atoms with Gasteiger partial charge >= 0.3 is 11.8 Å². The van der Waals surface area contributed by atoms with Crippen LogP contribution in [0.2, 0.25) is 0 Å². The standard InChI is InChI=1S/C19H17N5O5S2/c1-12-16(31(26,27)23-14-4-2-13(11-20)3-5-14)10-15(30-12)17-21-18(29-22-17)19(25)24-6-8-28-9-7-24/h2-5,10,23H,6-9H2,1H3. The van der Waals surface area contributed by atoms with Crippen LogP contribution < -0.4 is 4.72 Å². The molecule has 1 aromatic carbocycles. The number of morpholine rings is 1. The summed E-state index contributed by atoms with van der Waals surface area (Å²) in [4.78, 5) is 19.3. The molecular formula is C19H17N5O5S2. The summed E-state index contributed by atoms with van der Waals surface area (Å²) in [5.74, 6) is -0.391. The van der Waals surface area contributed by atoms with E-state index in [9.17, 15) is 13.2 Å². The zero-order valence-electron chi connectivity index (χ0n) is 16.4. The number of aryl methyl sites for hydroxylation is 1. The molecule has 12 heteroatoms. The Labute approximate surface area is 182 Å². The van der Waals surface area contributed by atoms with Gasteiger partial charge in [-0.2, -0.15) is 10.2 Å². The fraction of sp³-hybridized carbons (Fsp3) is 0.263. The summed E-state index contributed by atoms with van der Waals surface area (Å²) in [6, 6.07) is 9.50. The van der Waals surface area contributed by atoms with Gasteiger partial charge in [-0.3, -0.25) is 9.52 Å². The van der Waals surface area contributed by atoms with Crippen LogP contribution in [0, 0.1) is 18.3 Å². The lowest BCUT2D eigenvalue weighted by atomic mass is 10.2. The van der Waals surface area contributed by atoms with Crippen LogP contribution in [0.1, 0.15) is 21.1 Å². The van der Waals surface area contributed by atoms with Gasteiger partial charge in [0, 0.05) is 23.7 Å². The number of sulfonamides is 1. The van der Waals surface area contributed by atoms with Crippen molar-refractivity contribution < 1.29 is 22.5 Å². The summed E-state index contributed by atoms with van der Waals surface area (Å²) in [5.41, 5.74) is 0.764. The molecule has 1 fully saturated rings. The fourth-order valence-electron chi connectivity index (χ4n) is 2.98. The number of aromatic nitrogens is 2. The zero-order valence-corrected chi connectivity index (χ0v) is 18.0. The van der Waals surface area contributed by atoms with Crippen LogP contribution in [-0.2, 0) is 14.8 Å². The molecule has 10 nitrogen and oxygen atoms in total. The van der Waals surface area contributed by atoms with E-state index in [4.69, 9.17) is 14.5 Å². The van der Waals surface area contributed by atoms with Gasteiger partial charge in [0.25, 0.3) is 10.0 Å². The molecule has 2 aromatic heterocycles. The van der Waals surface area contributed by atoms with E-state index >= 15 is 0 Å². The number of thiophene rings is 1. The highest BCUT2D eigenvalue weighted by atomic mass is 32.2. The number of anilines is 1. The van der Waals surface area contributed by atoms with Crippen molar-refractivity contribution in [3.63, 3.8) is 0 Å². The van der Waals surface area contributed by atoms with Crippen LogP contribution in [0.5, 0.6) is 0 Å². The van der Waals surface area contributed by atoms with E-state index in [1.165, 1.54) is 41.7 Å². The molecule has 1 amide bonds. The third kappa shape index (κ3) is 4.43. The maximum Gasteiger partial charge on any atom is 0.316 e. The van der Waals surface area contributed by atoms with Crippen molar-refractivity contribution >= 4 is 33.0 Å². The summed E-state index contributed by atoms with van der Waals surface area (Å²) in [6.45, 7) is 3.45. The molecule has 3 heterocycles. The number of hydrogen-bond donors (Lipinski definition) is 1. The van der Waals surface area contributed by atoms with Crippen molar-refractivity contribution in [2.75, 3.05) is 31.0 Å². The maximum absolute atomic E-state index is 12.8. The first kappa shape index (κ1) is 21.0. The second-order valence-corrected chi connectivity index (χ2v) is 9.56. The Morgan fingerprint density at radius 2 is 1.97 bits per heavy atom. The lowest BCUT2D eigenvalue weighted by Gasteiger charge is -2.25. The molecule has 4 rings (SSSR count). The summed E-state index contributed by atoms with van der Waals surface area (Å²) in [6.07, 6.45) is 0. The van der Waals surface area contributed by atoms with Gasteiger partial charge in [-0.15, -0.1) is 11.3 Å². The number of nitriles is 1. The van der Waals surface area contributed by atoms with Crippen LogP contribution in [0.25, 0.3) is 10.7 Å². The van der Waals surface area contributed by atoms with E-state index in [-0.39, 0.29) is 22.5 Å². The average Bonchev–Trinajstić information content (AvgIpc) is 3.41. The van der Waals surface area contributed by atoms with E-state index in [0.717, 1.165) is 0 Å². The Bertz CT molecular complexity index is 1250. The van der Waals surface area contributed by atoms with E-state index < -0.39 is 10.0 Å². The Hall–Kier alpha value is -3.27. The average molecular weight is 460 g/mol. The minimum atomic E-state index is -3.88. The van der Waals surface area contributed by atoms with E-state index in [2.05, 4.69) is 14.9 Å². The van der Waals surface area contributed by atoms with Crippen molar-refractivity contribution in [3.8, 4) is 16.8 Å². The van der Waals surface area contributed by atoms with E-state index in [0.29, 0.717) is 47.3 Å². The number of amides is 1. The highest BCUT2D eigenvalue weighted by molar-refractivity contribution is 7.93. The minimum Gasteiger partial charge on any atom is -0.378 e. The third-order valence-corrected chi connectivity index (χ3v) is 7.24. The molecule has 0 bridgehead atoms. The number of ether oxygens (including phenoxy) is 1. The van der Waals surface area contributed by atoms with E-state index in [1.807, 2.05) is 6.07 Å². The predicted octanol–water partition coefficient (Wildman–Crippen LogP) is 2.25. The molecule has 31 heavy (non-hydrogen) atoms. The third-order valence-electron chi connectivity index (χ3n) is 4.56. The molecule has 0 spiro atoms. The number of carbonyl (C=O) groups excluding carboxylic acids is 1. The first-order valence-corrected chi connectivity index (χ1v) is 11.5. The number of nitrogens with one attached hydrogen (secondary N) is 1. The molecule has 0 aliphatic carbocycles. The highest BCUT2D eigenvalue weighted by Gasteiger charge is 2.26. The van der Waals surface area contributed by atoms with Crippen molar-refractivity contribution in [2.45, 2.75) is 11.8 Å². The lowest BCUT2D eigenvalue weighted by molar-refractivity contribution is 0.0272. The number of nitrogens with zero attached hydrogens (tertiary/aromatic N) is 4. The Kier molecular flexibility index (Phi) is 5.73. The number of hydrogen-bond acceptors (Lipinski definition) is 9. The quantitative estimate of drug-likeness (QED) is 0.613. The minimum absolute atomic E-state index is 0.0720. The molecule has 1 N–H and O–H groups in total. The largest absolute Gasteiger partial charge is 0.378 e. The second kappa shape index (κ2) is 8.46. The van der Waals surface area contributed by atoms with Crippen molar-refractivity contribution in [3.05, 3.63) is 46.7 Å². The van der Waals surface area contributed by atoms with Crippen LogP contribution >= 0.6 is 11.3 Å². The molecule has 0 atom stereocenters. The molecule has 1 aliphatic heterocycles. The molecule has 1 saturated heterocycles. The van der Waals surface area contributed by atoms with Gasteiger partial charge in [-0.05, 0) is 37.3 Å². The van der Waals surface area contributed by atoms with Gasteiger partial charge in [0.05, 0.1) is 29.7 Å². The van der Waals surface area contributed by atoms with Crippen LogP contribution in [0.15, 0.2) is 39.8 Å². The summed E-state index contributed by atoms with van der Waals surface area (Å²) in [5, 5.41) is 12.7. The summed E-state index contributed by atoms with van der Waals surface area (Å²) >= 11 is 1.18. The lowest BCUT2D eigenvalue weighted by Crippen LogP contribution is -2.40. The van der Waals surface area contributed by atoms with Crippen molar-refractivity contribution in [1.29, 1.82) is 5.26 Å². The highest BCUT2D eigenvalue weighted by Crippen LogP contribution is 2.33.